The molecule has 1 atom stereocenters. The van der Waals surface area contributed by atoms with Crippen LogP contribution in [0.15, 0.2) is 77.7 Å². The van der Waals surface area contributed by atoms with Gasteiger partial charge in [-0.15, -0.1) is 0 Å². The molecule has 3 aromatic carbocycles. The van der Waals surface area contributed by atoms with Crippen molar-refractivity contribution >= 4 is 50.7 Å². The zero-order chi connectivity index (χ0) is 26.5. The molecular formula is C25H24Cl2FN3O4S. The van der Waals surface area contributed by atoms with E-state index in [0.29, 0.717) is 10.6 Å². The standard InChI is InChI=1S/C25H24Cl2FN3O4S/c1-17(25(33)29-2)30(15-18-8-11-20(28)12-9-18)24(32)16-31(23-13-10-19(26)14-22(23)27)36(34,35)21-6-4-3-5-7-21/h3-14,17H,15-16H2,1-2H3,(H,29,33)/t17-/m0/s1. The smallest absolute Gasteiger partial charge is 0.264 e. The maximum Gasteiger partial charge on any atom is 0.264 e. The van der Waals surface area contributed by atoms with Crippen molar-refractivity contribution < 1.29 is 22.4 Å². The van der Waals surface area contributed by atoms with E-state index in [0.717, 1.165) is 4.31 Å². The summed E-state index contributed by atoms with van der Waals surface area (Å²) < 4.78 is 41.5. The summed E-state index contributed by atoms with van der Waals surface area (Å²) in [6.07, 6.45) is 0. The second-order valence-electron chi connectivity index (χ2n) is 7.86. The lowest BCUT2D eigenvalue weighted by Crippen LogP contribution is -2.50. The molecule has 0 fully saturated rings. The maximum absolute atomic E-state index is 13.6. The second kappa shape index (κ2) is 11.7. The summed E-state index contributed by atoms with van der Waals surface area (Å²) in [6, 6.07) is 16.3. The topological polar surface area (TPSA) is 86.8 Å². The van der Waals surface area contributed by atoms with Crippen molar-refractivity contribution in [1.82, 2.24) is 10.2 Å². The van der Waals surface area contributed by atoms with Crippen LogP contribution in [0.25, 0.3) is 0 Å². The molecule has 0 bridgehead atoms. The Balaban J connectivity index is 2.05. The zero-order valence-corrected chi connectivity index (χ0v) is 21.8. The van der Waals surface area contributed by atoms with E-state index in [2.05, 4.69) is 5.32 Å². The van der Waals surface area contributed by atoms with Crippen LogP contribution in [-0.4, -0.2) is 44.8 Å². The average molecular weight is 552 g/mol. The number of anilines is 1. The fraction of sp³-hybridized carbons (Fsp3) is 0.200. The first kappa shape index (κ1) is 27.4. The van der Waals surface area contributed by atoms with E-state index in [1.54, 1.807) is 18.2 Å². The van der Waals surface area contributed by atoms with E-state index in [4.69, 9.17) is 23.2 Å². The van der Waals surface area contributed by atoms with Gasteiger partial charge in [0.1, 0.15) is 18.4 Å². The van der Waals surface area contributed by atoms with E-state index < -0.39 is 40.2 Å². The van der Waals surface area contributed by atoms with Crippen LogP contribution in [0.5, 0.6) is 0 Å². The molecule has 0 unspecified atom stereocenters. The van der Waals surface area contributed by atoms with Gasteiger partial charge in [-0.05, 0) is 55.0 Å². The summed E-state index contributed by atoms with van der Waals surface area (Å²) in [5.41, 5.74) is 0.607. The molecule has 190 valence electrons. The molecule has 11 heteroatoms. The van der Waals surface area contributed by atoms with Gasteiger partial charge in [0.2, 0.25) is 11.8 Å². The summed E-state index contributed by atoms with van der Waals surface area (Å²) in [7, 11) is -2.81. The van der Waals surface area contributed by atoms with Crippen LogP contribution in [-0.2, 0) is 26.2 Å². The van der Waals surface area contributed by atoms with Crippen LogP contribution in [0, 0.1) is 5.82 Å². The molecule has 3 aromatic rings. The predicted octanol–water partition coefficient (Wildman–Crippen LogP) is 4.49. The lowest BCUT2D eigenvalue weighted by molar-refractivity contribution is -0.139. The Morgan fingerprint density at radius 3 is 2.22 bits per heavy atom. The first-order chi connectivity index (χ1) is 17.0. The van der Waals surface area contributed by atoms with E-state index >= 15 is 0 Å². The number of sulfonamides is 1. The number of hydrogen-bond donors (Lipinski definition) is 1. The summed E-state index contributed by atoms with van der Waals surface area (Å²) in [4.78, 5) is 27.2. The van der Waals surface area contributed by atoms with Crippen LogP contribution >= 0.6 is 23.2 Å². The van der Waals surface area contributed by atoms with Crippen molar-refractivity contribution in [3.8, 4) is 0 Å². The van der Waals surface area contributed by atoms with Gasteiger partial charge in [-0.3, -0.25) is 13.9 Å². The van der Waals surface area contributed by atoms with E-state index in [9.17, 15) is 22.4 Å². The van der Waals surface area contributed by atoms with Gasteiger partial charge < -0.3 is 10.2 Å². The van der Waals surface area contributed by atoms with Gasteiger partial charge in [-0.25, -0.2) is 12.8 Å². The lowest BCUT2D eigenvalue weighted by Gasteiger charge is -2.32. The van der Waals surface area contributed by atoms with E-state index in [-0.39, 0.29) is 22.2 Å². The van der Waals surface area contributed by atoms with Gasteiger partial charge in [-0.1, -0.05) is 53.5 Å². The van der Waals surface area contributed by atoms with Crippen molar-refractivity contribution in [2.45, 2.75) is 24.4 Å². The molecule has 7 nitrogen and oxygen atoms in total. The molecule has 0 spiro atoms. The molecule has 0 saturated heterocycles. The van der Waals surface area contributed by atoms with Crippen LogP contribution in [0.2, 0.25) is 10.0 Å². The minimum absolute atomic E-state index is 0.0271. The van der Waals surface area contributed by atoms with Crippen molar-refractivity contribution in [2.75, 3.05) is 17.9 Å². The Hall–Kier alpha value is -3.14. The Kier molecular flexibility index (Phi) is 8.94. The number of amides is 2. The van der Waals surface area contributed by atoms with Gasteiger partial charge in [-0.2, -0.15) is 0 Å². The summed E-state index contributed by atoms with van der Waals surface area (Å²) in [5.74, 6) is -1.57. The molecule has 0 aliphatic carbocycles. The van der Waals surface area contributed by atoms with E-state index in [1.807, 2.05) is 0 Å². The Morgan fingerprint density at radius 1 is 1.00 bits per heavy atom. The number of nitrogens with zero attached hydrogens (tertiary/aromatic N) is 2. The highest BCUT2D eigenvalue weighted by molar-refractivity contribution is 7.92. The number of halogens is 3. The summed E-state index contributed by atoms with van der Waals surface area (Å²) >= 11 is 12.3. The van der Waals surface area contributed by atoms with Crippen molar-refractivity contribution in [3.63, 3.8) is 0 Å². The molecule has 0 aromatic heterocycles. The molecule has 2 amide bonds. The summed E-state index contributed by atoms with van der Waals surface area (Å²) in [5, 5.41) is 2.81. The first-order valence-electron chi connectivity index (χ1n) is 10.8. The monoisotopic (exact) mass is 551 g/mol. The van der Waals surface area contributed by atoms with Gasteiger partial charge >= 0.3 is 0 Å². The molecule has 0 aliphatic heterocycles. The second-order valence-corrected chi connectivity index (χ2v) is 10.6. The maximum atomic E-state index is 13.6. The number of carbonyl (C=O) groups is 2. The molecule has 1 N–H and O–H groups in total. The normalized spacial score (nSPS) is 12.0. The number of benzene rings is 3. The van der Waals surface area contributed by atoms with Crippen molar-refractivity contribution in [2.24, 2.45) is 0 Å². The Morgan fingerprint density at radius 2 is 1.64 bits per heavy atom. The van der Waals surface area contributed by atoms with Crippen LogP contribution in [0.3, 0.4) is 0 Å². The van der Waals surface area contributed by atoms with Gasteiger partial charge in [0.25, 0.3) is 10.0 Å². The SMILES string of the molecule is CNC(=O)[C@H](C)N(Cc1ccc(F)cc1)C(=O)CN(c1ccc(Cl)cc1Cl)S(=O)(=O)c1ccccc1. The fourth-order valence-corrected chi connectivity index (χ4v) is 5.51. The molecule has 0 saturated carbocycles. The van der Waals surface area contributed by atoms with Gasteiger partial charge in [0.05, 0.1) is 15.6 Å². The van der Waals surface area contributed by atoms with Crippen molar-refractivity contribution in [3.05, 3.63) is 94.2 Å². The van der Waals surface area contributed by atoms with Gasteiger partial charge in [0.15, 0.2) is 0 Å². The van der Waals surface area contributed by atoms with Crippen LogP contribution in [0.4, 0.5) is 10.1 Å². The third-order valence-electron chi connectivity index (χ3n) is 5.47. The predicted molar refractivity (Wildman–Crippen MR) is 138 cm³/mol. The first-order valence-corrected chi connectivity index (χ1v) is 13.0. The molecule has 0 aliphatic rings. The number of rotatable bonds is 9. The number of nitrogens with one attached hydrogen (secondary N) is 1. The molecule has 0 heterocycles. The minimum atomic E-state index is -4.24. The highest BCUT2D eigenvalue weighted by atomic mass is 35.5. The fourth-order valence-electron chi connectivity index (χ4n) is 3.49. The highest BCUT2D eigenvalue weighted by Gasteiger charge is 2.33. The molecule has 3 rings (SSSR count). The summed E-state index contributed by atoms with van der Waals surface area (Å²) in [6.45, 7) is 0.813. The molecule has 0 radical (unpaired) electrons. The highest BCUT2D eigenvalue weighted by Crippen LogP contribution is 2.33. The Bertz CT molecular complexity index is 1340. The number of hydrogen-bond acceptors (Lipinski definition) is 4. The lowest BCUT2D eigenvalue weighted by atomic mass is 10.1. The molecule has 36 heavy (non-hydrogen) atoms. The Labute approximate surface area is 219 Å². The minimum Gasteiger partial charge on any atom is -0.357 e. The van der Waals surface area contributed by atoms with Crippen LogP contribution < -0.4 is 9.62 Å². The van der Waals surface area contributed by atoms with Crippen molar-refractivity contribution in [1.29, 1.82) is 0 Å². The quantitative estimate of drug-likeness (QED) is 0.424. The van der Waals surface area contributed by atoms with Crippen LogP contribution in [0.1, 0.15) is 12.5 Å². The molecular weight excluding hydrogens is 528 g/mol. The third-order valence-corrected chi connectivity index (χ3v) is 7.78. The van der Waals surface area contributed by atoms with Gasteiger partial charge in [0, 0.05) is 18.6 Å². The average Bonchev–Trinajstić information content (AvgIpc) is 2.86. The third kappa shape index (κ3) is 6.34. The zero-order valence-electron chi connectivity index (χ0n) is 19.5. The number of likely N-dealkylation sites (N-methyl/N-ethyl adjacent to an activating group) is 1. The van der Waals surface area contributed by atoms with E-state index in [1.165, 1.54) is 73.5 Å². The largest absolute Gasteiger partial charge is 0.357 e. The number of carbonyl (C=O) groups excluding carboxylic acids is 2.